The summed E-state index contributed by atoms with van der Waals surface area (Å²) in [5.74, 6) is -0.318. The van der Waals surface area contributed by atoms with Gasteiger partial charge in [0.25, 0.3) is 0 Å². The van der Waals surface area contributed by atoms with Gasteiger partial charge in [0.05, 0.1) is 5.41 Å². The van der Waals surface area contributed by atoms with Gasteiger partial charge in [-0.1, -0.05) is 71.1 Å². The second-order valence-electron chi connectivity index (χ2n) is 6.87. The molecule has 0 spiro atoms. The van der Waals surface area contributed by atoms with Gasteiger partial charge in [-0.15, -0.1) is 0 Å². The predicted molar refractivity (Wildman–Crippen MR) is 88.3 cm³/mol. The maximum Gasteiger partial charge on any atom is 0.311 e. The van der Waals surface area contributed by atoms with Crippen molar-refractivity contribution in [3.8, 4) is 0 Å². The van der Waals surface area contributed by atoms with E-state index < -0.39 is 11.4 Å². The van der Waals surface area contributed by atoms with Gasteiger partial charge < -0.3 is 10.8 Å². The van der Waals surface area contributed by atoms with Crippen LogP contribution in [-0.2, 0) is 4.79 Å². The lowest BCUT2D eigenvalue weighted by atomic mass is 9.78. The third-order valence-electron chi connectivity index (χ3n) is 5.13. The third-order valence-corrected chi connectivity index (χ3v) is 5.13. The minimum atomic E-state index is -0.663. The second kappa shape index (κ2) is 10.2. The molecule has 0 amide bonds. The Kier molecular flexibility index (Phi) is 8.98. The van der Waals surface area contributed by atoms with Crippen molar-refractivity contribution < 1.29 is 9.90 Å². The SMILES string of the molecule is CCCCCCCCCCCCC(CN)(C(=O)O)C1CC1. The lowest BCUT2D eigenvalue weighted by Crippen LogP contribution is -2.40. The van der Waals surface area contributed by atoms with Crippen LogP contribution in [0.4, 0.5) is 0 Å². The smallest absolute Gasteiger partial charge is 0.311 e. The molecule has 0 aromatic rings. The number of hydrogen-bond donors (Lipinski definition) is 2. The fourth-order valence-corrected chi connectivity index (χ4v) is 3.41. The van der Waals surface area contributed by atoms with Crippen molar-refractivity contribution in [2.75, 3.05) is 6.54 Å². The summed E-state index contributed by atoms with van der Waals surface area (Å²) in [6.07, 6.45) is 15.8. The van der Waals surface area contributed by atoms with Crippen molar-refractivity contribution in [1.82, 2.24) is 0 Å². The molecule has 1 rings (SSSR count). The van der Waals surface area contributed by atoms with E-state index in [-0.39, 0.29) is 0 Å². The predicted octanol–water partition coefficient (Wildman–Crippen LogP) is 4.74. The molecule has 1 fully saturated rings. The zero-order valence-corrected chi connectivity index (χ0v) is 13.9. The molecule has 0 saturated heterocycles. The molecule has 3 N–H and O–H groups in total. The van der Waals surface area contributed by atoms with Crippen molar-refractivity contribution in [1.29, 1.82) is 0 Å². The van der Waals surface area contributed by atoms with Gasteiger partial charge in [0, 0.05) is 6.54 Å². The quantitative estimate of drug-likeness (QED) is 0.455. The van der Waals surface area contributed by atoms with E-state index in [0.29, 0.717) is 12.5 Å². The highest BCUT2D eigenvalue weighted by atomic mass is 16.4. The van der Waals surface area contributed by atoms with Crippen LogP contribution in [0.25, 0.3) is 0 Å². The fourth-order valence-electron chi connectivity index (χ4n) is 3.41. The van der Waals surface area contributed by atoms with Gasteiger partial charge in [-0.25, -0.2) is 0 Å². The normalized spacial score (nSPS) is 17.6. The maximum absolute atomic E-state index is 11.5. The zero-order chi connectivity index (χ0) is 15.6. The van der Waals surface area contributed by atoms with E-state index in [4.69, 9.17) is 5.73 Å². The first-order valence-corrected chi connectivity index (χ1v) is 9.11. The molecular formula is C18H35NO2. The molecule has 0 aliphatic heterocycles. The molecular weight excluding hydrogens is 262 g/mol. The molecule has 1 saturated carbocycles. The molecule has 0 aromatic heterocycles. The first-order chi connectivity index (χ1) is 10.2. The largest absolute Gasteiger partial charge is 0.481 e. The molecule has 3 nitrogen and oxygen atoms in total. The van der Waals surface area contributed by atoms with Crippen LogP contribution in [-0.4, -0.2) is 17.6 Å². The summed E-state index contributed by atoms with van der Waals surface area (Å²) in [7, 11) is 0. The Balaban J connectivity index is 2.03. The Morgan fingerprint density at radius 1 is 1.00 bits per heavy atom. The molecule has 1 aliphatic carbocycles. The van der Waals surface area contributed by atoms with Crippen molar-refractivity contribution >= 4 is 5.97 Å². The number of rotatable bonds is 14. The van der Waals surface area contributed by atoms with E-state index in [1.165, 1.54) is 51.4 Å². The molecule has 1 unspecified atom stereocenters. The molecule has 0 aromatic carbocycles. The minimum Gasteiger partial charge on any atom is -0.481 e. The third kappa shape index (κ3) is 6.37. The van der Waals surface area contributed by atoms with Crippen LogP contribution in [0.3, 0.4) is 0 Å². The van der Waals surface area contributed by atoms with Crippen LogP contribution >= 0.6 is 0 Å². The van der Waals surface area contributed by atoms with Crippen molar-refractivity contribution in [3.63, 3.8) is 0 Å². The summed E-state index contributed by atoms with van der Waals surface area (Å²) >= 11 is 0. The van der Waals surface area contributed by atoms with Gasteiger partial charge in [-0.05, 0) is 25.2 Å². The molecule has 21 heavy (non-hydrogen) atoms. The standard InChI is InChI=1S/C18H35NO2/c1-2-3-4-5-6-7-8-9-10-11-14-18(15-19,17(20)21)16-12-13-16/h16H,2-15,19H2,1H3,(H,20,21). The van der Waals surface area contributed by atoms with E-state index in [9.17, 15) is 9.90 Å². The number of carboxylic acids is 1. The average molecular weight is 297 g/mol. The van der Waals surface area contributed by atoms with Crippen LogP contribution in [0.1, 0.15) is 90.4 Å². The second-order valence-corrected chi connectivity index (χ2v) is 6.87. The number of nitrogens with two attached hydrogens (primary N) is 1. The first-order valence-electron chi connectivity index (χ1n) is 9.11. The molecule has 3 heteroatoms. The average Bonchev–Trinajstić information content (AvgIpc) is 3.30. The molecule has 0 heterocycles. The van der Waals surface area contributed by atoms with Crippen LogP contribution in [0.2, 0.25) is 0 Å². The summed E-state index contributed by atoms with van der Waals surface area (Å²) in [6.45, 7) is 2.56. The van der Waals surface area contributed by atoms with Gasteiger partial charge in [0.15, 0.2) is 0 Å². The van der Waals surface area contributed by atoms with Crippen molar-refractivity contribution in [2.45, 2.75) is 90.4 Å². The molecule has 124 valence electrons. The van der Waals surface area contributed by atoms with Gasteiger partial charge in [0.2, 0.25) is 0 Å². The van der Waals surface area contributed by atoms with Crippen LogP contribution in [0.5, 0.6) is 0 Å². The monoisotopic (exact) mass is 297 g/mol. The van der Waals surface area contributed by atoms with Crippen LogP contribution < -0.4 is 5.73 Å². The summed E-state index contributed by atoms with van der Waals surface area (Å²) in [4.78, 5) is 11.5. The lowest BCUT2D eigenvalue weighted by Gasteiger charge is -2.27. The van der Waals surface area contributed by atoms with E-state index in [1.54, 1.807) is 0 Å². The van der Waals surface area contributed by atoms with Crippen molar-refractivity contribution in [2.24, 2.45) is 17.1 Å². The van der Waals surface area contributed by atoms with Crippen LogP contribution in [0.15, 0.2) is 0 Å². The highest BCUT2D eigenvalue weighted by Crippen LogP contribution is 2.48. The number of aliphatic carboxylic acids is 1. The molecule has 0 bridgehead atoms. The fraction of sp³-hybridized carbons (Fsp3) is 0.944. The highest BCUT2D eigenvalue weighted by Gasteiger charge is 2.49. The van der Waals surface area contributed by atoms with E-state index in [2.05, 4.69) is 6.92 Å². The summed E-state index contributed by atoms with van der Waals surface area (Å²) in [6, 6.07) is 0. The number of carboxylic acid groups (broad SMARTS) is 1. The minimum absolute atomic E-state index is 0.310. The Hall–Kier alpha value is -0.570. The van der Waals surface area contributed by atoms with Gasteiger partial charge in [-0.2, -0.15) is 0 Å². The Labute approximate surface area is 130 Å². The Bertz CT molecular complexity index is 289. The lowest BCUT2D eigenvalue weighted by molar-refractivity contribution is -0.150. The van der Waals surface area contributed by atoms with Crippen LogP contribution in [0, 0.1) is 11.3 Å². The molecule has 1 aliphatic rings. The number of unbranched alkanes of at least 4 members (excludes halogenated alkanes) is 9. The molecule has 1 atom stereocenters. The Morgan fingerprint density at radius 3 is 1.86 bits per heavy atom. The number of hydrogen-bond acceptors (Lipinski definition) is 2. The Morgan fingerprint density at radius 2 is 1.48 bits per heavy atom. The van der Waals surface area contributed by atoms with Gasteiger partial charge in [-0.3, -0.25) is 4.79 Å². The maximum atomic E-state index is 11.5. The zero-order valence-electron chi connectivity index (χ0n) is 13.9. The van der Waals surface area contributed by atoms with E-state index >= 15 is 0 Å². The van der Waals surface area contributed by atoms with E-state index in [1.807, 2.05) is 0 Å². The molecule has 0 radical (unpaired) electrons. The highest BCUT2D eigenvalue weighted by molar-refractivity contribution is 5.75. The number of carbonyl (C=O) groups is 1. The van der Waals surface area contributed by atoms with E-state index in [0.717, 1.165) is 32.1 Å². The summed E-state index contributed by atoms with van der Waals surface area (Å²) < 4.78 is 0. The summed E-state index contributed by atoms with van der Waals surface area (Å²) in [5, 5.41) is 9.50. The topological polar surface area (TPSA) is 63.3 Å². The van der Waals surface area contributed by atoms with Gasteiger partial charge >= 0.3 is 5.97 Å². The van der Waals surface area contributed by atoms with Crippen molar-refractivity contribution in [3.05, 3.63) is 0 Å². The summed E-state index contributed by atoms with van der Waals surface area (Å²) in [5.41, 5.74) is 5.18. The first kappa shape index (κ1) is 18.5. The van der Waals surface area contributed by atoms with Gasteiger partial charge in [0.1, 0.15) is 0 Å².